The molecule has 0 fully saturated rings. The van der Waals surface area contributed by atoms with Gasteiger partial charge in [0.05, 0.1) is 6.61 Å². The second-order valence-corrected chi connectivity index (χ2v) is 7.67. The van der Waals surface area contributed by atoms with Crippen molar-refractivity contribution in [3.63, 3.8) is 0 Å². The largest absolute Gasteiger partial charge is 0.494 e. The molecule has 0 saturated heterocycles. The van der Waals surface area contributed by atoms with Crippen molar-refractivity contribution in [2.75, 3.05) is 23.4 Å². The van der Waals surface area contributed by atoms with Gasteiger partial charge in [0.2, 0.25) is 5.91 Å². The van der Waals surface area contributed by atoms with Crippen LogP contribution in [0.5, 0.6) is 5.75 Å². The first kappa shape index (κ1) is 21.4. The van der Waals surface area contributed by atoms with E-state index in [1.807, 2.05) is 61.5 Å². The summed E-state index contributed by atoms with van der Waals surface area (Å²) in [4.78, 5) is 28.0. The van der Waals surface area contributed by atoms with Crippen molar-refractivity contribution in [1.29, 1.82) is 0 Å². The van der Waals surface area contributed by atoms with E-state index in [0.717, 1.165) is 29.0 Å². The lowest BCUT2D eigenvalue weighted by Gasteiger charge is -2.25. The minimum absolute atomic E-state index is 0.111. The molecule has 3 amide bonds. The Hall–Kier alpha value is -3.80. The lowest BCUT2D eigenvalue weighted by atomic mass is 10.0. The molecule has 0 radical (unpaired) electrons. The van der Waals surface area contributed by atoms with Crippen LogP contribution in [0, 0.1) is 0 Å². The highest BCUT2D eigenvalue weighted by Crippen LogP contribution is 2.28. The van der Waals surface area contributed by atoms with E-state index in [1.165, 1.54) is 0 Å². The third-order valence-electron chi connectivity index (χ3n) is 5.46. The van der Waals surface area contributed by atoms with E-state index in [2.05, 4.69) is 10.6 Å². The third-order valence-corrected chi connectivity index (χ3v) is 5.46. The molecule has 1 atom stereocenters. The van der Waals surface area contributed by atoms with Crippen molar-refractivity contribution in [3.05, 3.63) is 90.0 Å². The summed E-state index contributed by atoms with van der Waals surface area (Å²) in [6.07, 6.45) is 1.23. The number of benzene rings is 3. The minimum Gasteiger partial charge on any atom is -0.494 e. The zero-order valence-corrected chi connectivity index (χ0v) is 18.1. The molecule has 2 N–H and O–H groups in total. The van der Waals surface area contributed by atoms with Gasteiger partial charge in [0, 0.05) is 24.3 Å². The number of ether oxygens (including phenoxy) is 1. The van der Waals surface area contributed by atoms with Crippen LogP contribution in [-0.4, -0.2) is 31.1 Å². The number of nitrogens with zero attached hydrogens (tertiary/aromatic N) is 1. The Kier molecular flexibility index (Phi) is 6.70. The van der Waals surface area contributed by atoms with Gasteiger partial charge in [-0.15, -0.1) is 0 Å². The van der Waals surface area contributed by atoms with Gasteiger partial charge in [-0.2, -0.15) is 0 Å². The number of para-hydroxylation sites is 1. The fourth-order valence-corrected chi connectivity index (χ4v) is 3.93. The van der Waals surface area contributed by atoms with E-state index in [1.54, 1.807) is 29.2 Å². The van der Waals surface area contributed by atoms with E-state index in [9.17, 15) is 9.59 Å². The fraction of sp³-hybridized carbons (Fsp3) is 0.231. The van der Waals surface area contributed by atoms with Gasteiger partial charge >= 0.3 is 6.03 Å². The minimum atomic E-state index is -0.689. The summed E-state index contributed by atoms with van der Waals surface area (Å²) >= 11 is 0. The quantitative estimate of drug-likeness (QED) is 0.585. The summed E-state index contributed by atoms with van der Waals surface area (Å²) in [5.74, 6) is 0.629. The lowest BCUT2D eigenvalue weighted by Crippen LogP contribution is -2.50. The highest BCUT2D eigenvalue weighted by atomic mass is 16.5. The van der Waals surface area contributed by atoms with Gasteiger partial charge in [0.25, 0.3) is 0 Å². The van der Waals surface area contributed by atoms with Crippen LogP contribution in [0.4, 0.5) is 16.2 Å². The molecular formula is C26H27N3O3. The molecule has 32 heavy (non-hydrogen) atoms. The van der Waals surface area contributed by atoms with Crippen molar-refractivity contribution in [2.24, 2.45) is 0 Å². The van der Waals surface area contributed by atoms with Crippen LogP contribution in [0.25, 0.3) is 0 Å². The van der Waals surface area contributed by atoms with E-state index < -0.39 is 12.1 Å². The van der Waals surface area contributed by atoms with Crippen molar-refractivity contribution < 1.29 is 14.3 Å². The molecule has 1 heterocycles. The Morgan fingerprint density at radius 3 is 2.44 bits per heavy atom. The maximum atomic E-state index is 13.5. The molecule has 1 aliphatic heterocycles. The van der Waals surface area contributed by atoms with Gasteiger partial charge < -0.3 is 20.3 Å². The molecule has 3 aromatic carbocycles. The Balaban J connectivity index is 1.49. The Morgan fingerprint density at radius 2 is 1.69 bits per heavy atom. The maximum absolute atomic E-state index is 13.5. The first-order valence-electron chi connectivity index (χ1n) is 10.9. The van der Waals surface area contributed by atoms with E-state index in [0.29, 0.717) is 25.3 Å². The molecule has 0 aromatic heterocycles. The molecule has 0 spiro atoms. The molecule has 1 unspecified atom stereocenters. The molecule has 6 heteroatoms. The number of hydrogen-bond donors (Lipinski definition) is 2. The van der Waals surface area contributed by atoms with E-state index >= 15 is 0 Å². The molecule has 0 saturated carbocycles. The molecule has 0 aliphatic carbocycles. The number of fused-ring (bicyclic) bond motifs is 1. The maximum Gasteiger partial charge on any atom is 0.319 e. The van der Waals surface area contributed by atoms with E-state index in [-0.39, 0.29) is 5.91 Å². The number of nitrogens with one attached hydrogen (secondary N) is 2. The lowest BCUT2D eigenvalue weighted by molar-refractivity contribution is -0.120. The van der Waals surface area contributed by atoms with Crippen molar-refractivity contribution in [2.45, 2.75) is 25.8 Å². The fourth-order valence-electron chi connectivity index (χ4n) is 3.93. The highest BCUT2D eigenvalue weighted by Gasteiger charge is 2.31. The Labute approximate surface area is 188 Å². The zero-order chi connectivity index (χ0) is 22.3. The zero-order valence-electron chi connectivity index (χ0n) is 18.1. The molecule has 6 nitrogen and oxygen atoms in total. The van der Waals surface area contributed by atoms with Crippen LogP contribution < -0.4 is 20.3 Å². The SMILES string of the molecule is CCOc1ccc(NC(=O)NC(Cc2ccccc2)C(=O)N2CCc3ccccc32)cc1. The van der Waals surface area contributed by atoms with Gasteiger partial charge in [0.15, 0.2) is 0 Å². The monoisotopic (exact) mass is 429 g/mol. The highest BCUT2D eigenvalue weighted by molar-refractivity contribution is 6.02. The summed E-state index contributed by atoms with van der Waals surface area (Å²) in [6.45, 7) is 3.12. The predicted octanol–water partition coefficient (Wildman–Crippen LogP) is 4.41. The van der Waals surface area contributed by atoms with Crippen molar-refractivity contribution in [1.82, 2.24) is 5.32 Å². The average Bonchev–Trinajstić information content (AvgIpc) is 3.24. The smallest absolute Gasteiger partial charge is 0.319 e. The normalized spacial score (nSPS) is 13.2. The van der Waals surface area contributed by atoms with E-state index in [4.69, 9.17) is 4.74 Å². The van der Waals surface area contributed by atoms with Crippen molar-refractivity contribution >= 4 is 23.3 Å². The molecule has 3 aromatic rings. The average molecular weight is 430 g/mol. The summed E-state index contributed by atoms with van der Waals surface area (Å²) < 4.78 is 5.44. The van der Waals surface area contributed by atoms with Gasteiger partial charge in [0.1, 0.15) is 11.8 Å². The second kappa shape index (κ2) is 10.0. The number of rotatable bonds is 7. The number of carbonyl (C=O) groups is 2. The first-order valence-corrected chi connectivity index (χ1v) is 10.9. The standard InChI is InChI=1S/C26H27N3O3/c1-2-32-22-14-12-21(13-15-22)27-26(31)28-23(18-19-8-4-3-5-9-19)25(30)29-17-16-20-10-6-7-11-24(20)29/h3-15,23H,2,16-18H2,1H3,(H2,27,28,31). The first-order chi connectivity index (χ1) is 15.6. The number of hydrogen-bond acceptors (Lipinski definition) is 3. The van der Waals surface area contributed by atoms with Crippen LogP contribution in [0.2, 0.25) is 0 Å². The van der Waals surface area contributed by atoms with Gasteiger partial charge in [-0.1, -0.05) is 48.5 Å². The molecular weight excluding hydrogens is 402 g/mol. The van der Waals surface area contributed by atoms with Crippen LogP contribution in [0.15, 0.2) is 78.9 Å². The molecule has 1 aliphatic rings. The number of anilines is 2. The summed E-state index contributed by atoms with van der Waals surface area (Å²) in [7, 11) is 0. The summed E-state index contributed by atoms with van der Waals surface area (Å²) in [6, 6.07) is 23.7. The van der Waals surface area contributed by atoms with Crippen LogP contribution >= 0.6 is 0 Å². The number of amides is 3. The molecule has 0 bridgehead atoms. The Morgan fingerprint density at radius 1 is 0.969 bits per heavy atom. The van der Waals surface area contributed by atoms with Crippen molar-refractivity contribution in [3.8, 4) is 5.75 Å². The number of urea groups is 1. The second-order valence-electron chi connectivity index (χ2n) is 7.67. The van der Waals surface area contributed by atoms with Crippen LogP contribution in [-0.2, 0) is 17.6 Å². The number of carbonyl (C=O) groups excluding carboxylic acids is 2. The summed E-state index contributed by atoms with van der Waals surface area (Å²) in [5, 5.41) is 5.70. The molecule has 164 valence electrons. The predicted molar refractivity (Wildman–Crippen MR) is 126 cm³/mol. The summed E-state index contributed by atoms with van der Waals surface area (Å²) in [5.41, 5.74) is 3.69. The van der Waals surface area contributed by atoms with Crippen LogP contribution in [0.3, 0.4) is 0 Å². The molecule has 4 rings (SSSR count). The Bertz CT molecular complexity index is 1070. The van der Waals surface area contributed by atoms with Crippen LogP contribution in [0.1, 0.15) is 18.1 Å². The third kappa shape index (κ3) is 5.09. The van der Waals surface area contributed by atoms with Gasteiger partial charge in [-0.3, -0.25) is 4.79 Å². The topological polar surface area (TPSA) is 70.7 Å². The van der Waals surface area contributed by atoms with Gasteiger partial charge in [-0.05, 0) is 54.8 Å². The van der Waals surface area contributed by atoms with Gasteiger partial charge in [-0.25, -0.2) is 4.79 Å².